The average molecular weight is 226 g/mol. The van der Waals surface area contributed by atoms with Crippen LogP contribution >= 0.6 is 0 Å². The molecule has 1 aliphatic carbocycles. The van der Waals surface area contributed by atoms with E-state index in [0.29, 0.717) is 0 Å². The number of nitrogens with one attached hydrogen (secondary N) is 1. The summed E-state index contributed by atoms with van der Waals surface area (Å²) in [6.07, 6.45) is 6.81. The Kier molecular flexibility index (Phi) is 6.37. The molecule has 0 bridgehead atoms. The molecule has 1 fully saturated rings. The van der Waals surface area contributed by atoms with E-state index in [2.05, 4.69) is 37.9 Å². The van der Waals surface area contributed by atoms with Crippen LogP contribution in [0.3, 0.4) is 0 Å². The van der Waals surface area contributed by atoms with E-state index >= 15 is 0 Å². The van der Waals surface area contributed by atoms with Gasteiger partial charge in [-0.2, -0.15) is 0 Å². The highest BCUT2D eigenvalue weighted by Crippen LogP contribution is 2.25. The van der Waals surface area contributed by atoms with Crippen LogP contribution in [0.2, 0.25) is 0 Å². The van der Waals surface area contributed by atoms with Crippen LogP contribution in [0, 0.1) is 0 Å². The third kappa shape index (κ3) is 3.74. The molecule has 1 saturated carbocycles. The predicted octanol–water partition coefficient (Wildman–Crippen LogP) is 3.03. The van der Waals surface area contributed by atoms with Crippen molar-refractivity contribution in [2.45, 2.75) is 77.9 Å². The van der Waals surface area contributed by atoms with E-state index in [9.17, 15) is 0 Å². The van der Waals surface area contributed by atoms with Gasteiger partial charge >= 0.3 is 0 Å². The molecular formula is C14H30N2. The van der Waals surface area contributed by atoms with Gasteiger partial charge in [0.15, 0.2) is 0 Å². The second-order valence-corrected chi connectivity index (χ2v) is 5.16. The minimum absolute atomic E-state index is 0.746. The Morgan fingerprint density at radius 3 is 2.56 bits per heavy atom. The fourth-order valence-electron chi connectivity index (χ4n) is 3.10. The zero-order chi connectivity index (χ0) is 12.0. The summed E-state index contributed by atoms with van der Waals surface area (Å²) < 4.78 is 0. The second-order valence-electron chi connectivity index (χ2n) is 5.16. The number of nitrogens with zero attached hydrogens (tertiary/aromatic N) is 1. The maximum Gasteiger partial charge on any atom is 0.0113 e. The van der Waals surface area contributed by atoms with Gasteiger partial charge in [0.25, 0.3) is 0 Å². The Bertz CT molecular complexity index is 180. The summed E-state index contributed by atoms with van der Waals surface area (Å²) in [5.41, 5.74) is 0. The van der Waals surface area contributed by atoms with Gasteiger partial charge in [-0.15, -0.1) is 0 Å². The fraction of sp³-hybridized carbons (Fsp3) is 1.00. The van der Waals surface area contributed by atoms with E-state index in [4.69, 9.17) is 0 Å². The zero-order valence-electron chi connectivity index (χ0n) is 11.6. The highest BCUT2D eigenvalue weighted by molar-refractivity contribution is 4.85. The summed E-state index contributed by atoms with van der Waals surface area (Å²) in [4.78, 5) is 2.71. The lowest BCUT2D eigenvalue weighted by Gasteiger charge is -2.40. The lowest BCUT2D eigenvalue weighted by molar-refractivity contribution is 0.104. The highest BCUT2D eigenvalue weighted by atomic mass is 15.2. The Hall–Kier alpha value is -0.0800. The molecule has 0 spiro atoms. The third-order valence-corrected chi connectivity index (χ3v) is 4.13. The van der Waals surface area contributed by atoms with Crippen LogP contribution in [0.15, 0.2) is 0 Å². The monoisotopic (exact) mass is 226 g/mol. The first-order valence-electron chi connectivity index (χ1n) is 7.21. The molecule has 3 atom stereocenters. The van der Waals surface area contributed by atoms with Gasteiger partial charge in [0.1, 0.15) is 0 Å². The van der Waals surface area contributed by atoms with E-state index in [0.717, 1.165) is 24.7 Å². The van der Waals surface area contributed by atoms with Crippen LogP contribution in [0.5, 0.6) is 0 Å². The molecule has 3 unspecified atom stereocenters. The minimum Gasteiger partial charge on any atom is -0.314 e. The van der Waals surface area contributed by atoms with Gasteiger partial charge in [-0.1, -0.05) is 27.2 Å². The molecule has 0 aromatic rings. The van der Waals surface area contributed by atoms with E-state index < -0.39 is 0 Å². The molecule has 0 heterocycles. The van der Waals surface area contributed by atoms with Crippen LogP contribution in [0.1, 0.15) is 59.8 Å². The number of hydrogen-bond acceptors (Lipinski definition) is 2. The summed E-state index contributed by atoms with van der Waals surface area (Å²) in [5, 5.41) is 3.62. The first-order chi connectivity index (χ1) is 7.72. The van der Waals surface area contributed by atoms with Crippen LogP contribution < -0.4 is 5.32 Å². The molecule has 0 amide bonds. The maximum atomic E-state index is 3.62. The van der Waals surface area contributed by atoms with Crippen molar-refractivity contribution in [3.63, 3.8) is 0 Å². The van der Waals surface area contributed by atoms with Gasteiger partial charge in [0, 0.05) is 18.1 Å². The van der Waals surface area contributed by atoms with Gasteiger partial charge in [0.05, 0.1) is 0 Å². The van der Waals surface area contributed by atoms with Crippen molar-refractivity contribution in [3.05, 3.63) is 0 Å². The molecule has 96 valence electrons. The van der Waals surface area contributed by atoms with E-state index in [-0.39, 0.29) is 0 Å². The molecule has 0 radical (unpaired) electrons. The van der Waals surface area contributed by atoms with Gasteiger partial charge in [0.2, 0.25) is 0 Å². The van der Waals surface area contributed by atoms with Crippen LogP contribution in [-0.4, -0.2) is 36.1 Å². The summed E-state index contributed by atoms with van der Waals surface area (Å²) in [5.74, 6) is 0. The van der Waals surface area contributed by atoms with Crippen molar-refractivity contribution in [2.24, 2.45) is 0 Å². The summed E-state index contributed by atoms with van der Waals surface area (Å²) in [6.45, 7) is 11.5. The van der Waals surface area contributed by atoms with Crippen molar-refractivity contribution in [1.82, 2.24) is 10.2 Å². The van der Waals surface area contributed by atoms with Crippen LogP contribution in [0.4, 0.5) is 0 Å². The summed E-state index contributed by atoms with van der Waals surface area (Å²) in [6, 6.07) is 2.33. The largest absolute Gasteiger partial charge is 0.314 e. The standard InChI is InChI=1S/C14H30N2/c1-5-12(4)16(7-3)14-10-8-9-13(11-14)15-6-2/h12-15H,5-11H2,1-4H3. The van der Waals surface area contributed by atoms with Crippen molar-refractivity contribution in [2.75, 3.05) is 13.1 Å². The van der Waals surface area contributed by atoms with Gasteiger partial charge < -0.3 is 5.32 Å². The Morgan fingerprint density at radius 2 is 2.00 bits per heavy atom. The maximum absolute atomic E-state index is 3.62. The van der Waals surface area contributed by atoms with Gasteiger partial charge in [-0.05, 0) is 45.7 Å². The molecular weight excluding hydrogens is 196 g/mol. The molecule has 16 heavy (non-hydrogen) atoms. The third-order valence-electron chi connectivity index (χ3n) is 4.13. The molecule has 0 aromatic heterocycles. The van der Waals surface area contributed by atoms with Crippen molar-refractivity contribution < 1.29 is 0 Å². The molecule has 1 N–H and O–H groups in total. The molecule has 0 saturated heterocycles. The van der Waals surface area contributed by atoms with E-state index in [1.165, 1.54) is 38.6 Å². The van der Waals surface area contributed by atoms with E-state index in [1.807, 2.05) is 0 Å². The first-order valence-corrected chi connectivity index (χ1v) is 7.21. The normalized spacial score (nSPS) is 28.3. The van der Waals surface area contributed by atoms with Gasteiger partial charge in [-0.3, -0.25) is 4.90 Å². The molecule has 2 nitrogen and oxygen atoms in total. The first kappa shape index (κ1) is 14.0. The van der Waals surface area contributed by atoms with Gasteiger partial charge in [-0.25, -0.2) is 0 Å². The summed E-state index contributed by atoms with van der Waals surface area (Å²) in [7, 11) is 0. The van der Waals surface area contributed by atoms with Crippen LogP contribution in [0.25, 0.3) is 0 Å². The zero-order valence-corrected chi connectivity index (χ0v) is 11.6. The lowest BCUT2D eigenvalue weighted by atomic mass is 9.89. The van der Waals surface area contributed by atoms with Crippen molar-refractivity contribution >= 4 is 0 Å². The second kappa shape index (κ2) is 7.29. The van der Waals surface area contributed by atoms with E-state index in [1.54, 1.807) is 0 Å². The lowest BCUT2D eigenvalue weighted by Crippen LogP contribution is -2.47. The summed E-state index contributed by atoms with van der Waals surface area (Å²) >= 11 is 0. The highest BCUT2D eigenvalue weighted by Gasteiger charge is 2.27. The molecule has 1 aliphatic rings. The average Bonchev–Trinajstić information content (AvgIpc) is 2.31. The Morgan fingerprint density at radius 1 is 1.25 bits per heavy atom. The van der Waals surface area contributed by atoms with Crippen LogP contribution in [-0.2, 0) is 0 Å². The quantitative estimate of drug-likeness (QED) is 0.749. The molecule has 0 aliphatic heterocycles. The smallest absolute Gasteiger partial charge is 0.0113 e. The molecule has 1 rings (SSSR count). The Balaban J connectivity index is 2.49. The topological polar surface area (TPSA) is 15.3 Å². The molecule has 0 aromatic carbocycles. The predicted molar refractivity (Wildman–Crippen MR) is 71.9 cm³/mol. The van der Waals surface area contributed by atoms with Crippen molar-refractivity contribution in [1.29, 1.82) is 0 Å². The SMILES string of the molecule is CCNC1CCCC(N(CC)C(C)CC)C1. The molecule has 2 heteroatoms. The minimum atomic E-state index is 0.746. The Labute approximate surface area is 102 Å². The fourth-order valence-corrected chi connectivity index (χ4v) is 3.10. The number of rotatable bonds is 6. The van der Waals surface area contributed by atoms with Crippen molar-refractivity contribution in [3.8, 4) is 0 Å². The number of hydrogen-bond donors (Lipinski definition) is 1.